The van der Waals surface area contributed by atoms with Gasteiger partial charge in [-0.05, 0) is 60.7 Å². The number of nitrogens with zero attached hydrogens (tertiary/aromatic N) is 1. The summed E-state index contributed by atoms with van der Waals surface area (Å²) >= 11 is 0. The first-order chi connectivity index (χ1) is 13.9. The molecular formula is C24H30N2O3. The molecule has 1 aliphatic carbocycles. The normalized spacial score (nSPS) is 24.0. The average molecular weight is 395 g/mol. The number of piperidine rings is 1. The monoisotopic (exact) mass is 394 g/mol. The Balaban J connectivity index is 1.74. The molecule has 1 aliphatic heterocycles. The molecule has 4 rings (SSSR count). The molecule has 2 aromatic rings. The van der Waals surface area contributed by atoms with Crippen molar-refractivity contribution in [2.24, 2.45) is 0 Å². The Hall–Kier alpha value is -2.53. The van der Waals surface area contributed by atoms with Crippen molar-refractivity contribution in [2.45, 2.75) is 43.9 Å². The molecule has 1 atom stereocenters. The summed E-state index contributed by atoms with van der Waals surface area (Å²) in [5.74, 6) is 1.54. The van der Waals surface area contributed by atoms with Crippen molar-refractivity contribution < 1.29 is 9.47 Å². The van der Waals surface area contributed by atoms with E-state index in [1.807, 2.05) is 12.3 Å². The molecule has 0 aromatic carbocycles. The van der Waals surface area contributed by atoms with E-state index in [0.717, 1.165) is 48.5 Å². The highest BCUT2D eigenvalue weighted by Crippen LogP contribution is 2.38. The maximum Gasteiger partial charge on any atom is 0.255 e. The largest absolute Gasteiger partial charge is 0.497 e. The predicted molar refractivity (Wildman–Crippen MR) is 115 cm³/mol. The van der Waals surface area contributed by atoms with Gasteiger partial charge in [-0.25, -0.2) is 0 Å². The Morgan fingerprint density at radius 3 is 2.48 bits per heavy atom. The summed E-state index contributed by atoms with van der Waals surface area (Å²) < 4.78 is 12.7. The number of nitrogens with one attached hydrogen (secondary N) is 1. The molecule has 1 saturated heterocycles. The molecule has 0 bridgehead atoms. The fraction of sp³-hybridized carbons (Fsp3) is 0.458. The van der Waals surface area contributed by atoms with Gasteiger partial charge in [-0.1, -0.05) is 26.0 Å². The summed E-state index contributed by atoms with van der Waals surface area (Å²) in [5, 5.41) is 3.42. The minimum Gasteiger partial charge on any atom is -0.497 e. The number of pyridine rings is 2. The second-order valence-electron chi connectivity index (χ2n) is 8.73. The summed E-state index contributed by atoms with van der Waals surface area (Å²) in [7, 11) is 3.30. The lowest BCUT2D eigenvalue weighted by Crippen LogP contribution is -2.38. The van der Waals surface area contributed by atoms with Gasteiger partial charge in [0.2, 0.25) is 0 Å². The summed E-state index contributed by atoms with van der Waals surface area (Å²) in [5.41, 5.74) is 2.95. The van der Waals surface area contributed by atoms with Crippen molar-refractivity contribution in [3.8, 4) is 0 Å². The van der Waals surface area contributed by atoms with E-state index in [9.17, 15) is 4.79 Å². The van der Waals surface area contributed by atoms with Gasteiger partial charge in [0.25, 0.3) is 5.56 Å². The number of methoxy groups -OCH3 is 2. The fourth-order valence-electron chi connectivity index (χ4n) is 4.56. The highest BCUT2D eigenvalue weighted by atomic mass is 16.5. The zero-order valence-corrected chi connectivity index (χ0v) is 17.7. The molecule has 5 nitrogen and oxygen atoms in total. The van der Waals surface area contributed by atoms with Crippen LogP contribution in [0.3, 0.4) is 0 Å². The van der Waals surface area contributed by atoms with E-state index in [1.54, 1.807) is 24.7 Å². The number of allylic oxidation sites excluding steroid dienone is 3. The van der Waals surface area contributed by atoms with E-state index in [4.69, 9.17) is 9.47 Å². The third-order valence-electron chi connectivity index (χ3n) is 6.73. The summed E-state index contributed by atoms with van der Waals surface area (Å²) in [4.78, 5) is 13.1. The van der Waals surface area contributed by atoms with Crippen LogP contribution in [0.2, 0.25) is 0 Å². The molecule has 5 heteroatoms. The second-order valence-corrected chi connectivity index (χ2v) is 8.73. The summed E-state index contributed by atoms with van der Waals surface area (Å²) in [6.45, 7) is 6.47. The van der Waals surface area contributed by atoms with E-state index < -0.39 is 0 Å². The lowest BCUT2D eigenvalue weighted by Gasteiger charge is -2.35. The van der Waals surface area contributed by atoms with E-state index in [-0.39, 0.29) is 16.4 Å². The number of ether oxygens (including phenoxy) is 2. The van der Waals surface area contributed by atoms with Crippen LogP contribution in [-0.2, 0) is 20.3 Å². The summed E-state index contributed by atoms with van der Waals surface area (Å²) in [6, 6.07) is 8.14. The number of fused-ring (bicyclic) bond motifs is 1. The number of hydrogen-bond acceptors (Lipinski definition) is 4. The van der Waals surface area contributed by atoms with Gasteiger partial charge in [0.1, 0.15) is 5.76 Å². The van der Waals surface area contributed by atoms with Crippen LogP contribution >= 0.6 is 0 Å². The minimum absolute atomic E-state index is 0.00648. The topological polar surface area (TPSA) is 52.0 Å². The van der Waals surface area contributed by atoms with Crippen molar-refractivity contribution in [1.29, 1.82) is 0 Å². The smallest absolute Gasteiger partial charge is 0.255 e. The van der Waals surface area contributed by atoms with Gasteiger partial charge in [0, 0.05) is 29.6 Å². The molecule has 2 aliphatic rings. The van der Waals surface area contributed by atoms with Crippen molar-refractivity contribution in [3.63, 3.8) is 0 Å². The number of hydrogen-bond donors (Lipinski definition) is 1. The van der Waals surface area contributed by atoms with E-state index in [2.05, 4.69) is 43.4 Å². The molecule has 1 N–H and O–H groups in total. The van der Waals surface area contributed by atoms with Gasteiger partial charge >= 0.3 is 0 Å². The van der Waals surface area contributed by atoms with E-state index >= 15 is 0 Å². The van der Waals surface area contributed by atoms with Crippen LogP contribution in [0.25, 0.3) is 5.52 Å². The molecule has 3 heterocycles. The Morgan fingerprint density at radius 2 is 1.79 bits per heavy atom. The molecule has 2 aromatic heterocycles. The van der Waals surface area contributed by atoms with Crippen LogP contribution in [0.15, 0.2) is 58.9 Å². The molecule has 154 valence electrons. The van der Waals surface area contributed by atoms with Crippen molar-refractivity contribution in [2.75, 3.05) is 27.3 Å². The molecule has 0 amide bonds. The first kappa shape index (κ1) is 19.8. The first-order valence-electron chi connectivity index (χ1n) is 10.3. The Kier molecular flexibility index (Phi) is 5.03. The third-order valence-corrected chi connectivity index (χ3v) is 6.73. The minimum atomic E-state index is -0.318. The van der Waals surface area contributed by atoms with E-state index in [0.29, 0.717) is 6.42 Å². The van der Waals surface area contributed by atoms with Gasteiger partial charge in [-0.15, -0.1) is 0 Å². The average Bonchev–Trinajstić information content (AvgIpc) is 2.74. The molecule has 0 radical (unpaired) electrons. The quantitative estimate of drug-likeness (QED) is 0.860. The van der Waals surface area contributed by atoms with Crippen LogP contribution < -0.4 is 10.9 Å². The molecule has 0 saturated carbocycles. The Morgan fingerprint density at radius 1 is 1.03 bits per heavy atom. The third kappa shape index (κ3) is 3.48. The molecule has 29 heavy (non-hydrogen) atoms. The first-order valence-corrected chi connectivity index (χ1v) is 10.3. The Bertz CT molecular complexity index is 1040. The van der Waals surface area contributed by atoms with E-state index in [1.165, 1.54) is 5.56 Å². The fourth-order valence-corrected chi connectivity index (χ4v) is 4.56. The standard InChI is InChI=1S/C24H30N2O3/c1-23(9-11-25-12-10-23)17-5-6-19-13-18(14-22(27)26(19)16-17)24(2)8-7-20(28-3)21(15-24)29-4/h5-8,13-14,16,25H,9-12,15H2,1-4H3. The van der Waals surface area contributed by atoms with Crippen molar-refractivity contribution in [3.05, 3.63) is 75.6 Å². The zero-order chi connectivity index (χ0) is 20.6. The predicted octanol–water partition coefficient (Wildman–Crippen LogP) is 3.66. The van der Waals surface area contributed by atoms with Crippen molar-refractivity contribution >= 4 is 5.52 Å². The lowest BCUT2D eigenvalue weighted by atomic mass is 9.75. The van der Waals surface area contributed by atoms with Crippen LogP contribution in [-0.4, -0.2) is 31.7 Å². The van der Waals surface area contributed by atoms with Crippen molar-refractivity contribution in [1.82, 2.24) is 9.72 Å². The van der Waals surface area contributed by atoms with Gasteiger partial charge in [-0.3, -0.25) is 9.20 Å². The van der Waals surface area contributed by atoms with Crippen LogP contribution in [0.4, 0.5) is 0 Å². The maximum absolute atomic E-state index is 13.1. The molecule has 0 spiro atoms. The highest BCUT2D eigenvalue weighted by molar-refractivity contribution is 5.53. The van der Waals surface area contributed by atoms with Gasteiger partial charge in [0.15, 0.2) is 5.76 Å². The maximum atomic E-state index is 13.1. The molecule has 1 fully saturated rings. The highest BCUT2D eigenvalue weighted by Gasteiger charge is 2.32. The summed E-state index contributed by atoms with van der Waals surface area (Å²) in [6.07, 6.45) is 8.90. The SMILES string of the molecule is COC1=C(OC)CC(C)(c2cc(=O)n3cc(C4(C)CCNCC4)ccc3c2)C=C1. The molecular weight excluding hydrogens is 364 g/mol. The zero-order valence-electron chi connectivity index (χ0n) is 17.7. The molecule has 1 unspecified atom stereocenters. The van der Waals surface area contributed by atoms with Crippen LogP contribution in [0, 0.1) is 0 Å². The van der Waals surface area contributed by atoms with Crippen LogP contribution in [0.5, 0.6) is 0 Å². The van der Waals surface area contributed by atoms with Gasteiger partial charge in [0.05, 0.1) is 14.2 Å². The number of aromatic nitrogens is 1. The lowest BCUT2D eigenvalue weighted by molar-refractivity contribution is 0.206. The van der Waals surface area contributed by atoms with Gasteiger partial charge in [-0.2, -0.15) is 0 Å². The second kappa shape index (κ2) is 7.38. The number of rotatable bonds is 4. The van der Waals surface area contributed by atoms with Crippen LogP contribution in [0.1, 0.15) is 44.2 Å². The van der Waals surface area contributed by atoms with Gasteiger partial charge < -0.3 is 14.8 Å². The Labute approximate surface area is 172 Å².